The number of rotatable bonds is 6. The van der Waals surface area contributed by atoms with Gasteiger partial charge in [-0.05, 0) is 86.6 Å². The lowest BCUT2D eigenvalue weighted by atomic mass is 9.60. The number of aromatic amines is 1. The molecular weight excluding hydrogens is 494 g/mol. The van der Waals surface area contributed by atoms with Gasteiger partial charge in [-0.25, -0.2) is 9.97 Å². The molecule has 3 aliphatic rings. The van der Waals surface area contributed by atoms with Crippen molar-refractivity contribution in [2.75, 3.05) is 24.5 Å². The molecule has 0 amide bonds. The first kappa shape index (κ1) is 25.6. The number of hydrogen-bond acceptors (Lipinski definition) is 5. The molecule has 0 unspecified atom stereocenters. The van der Waals surface area contributed by atoms with Crippen LogP contribution in [0.1, 0.15) is 81.0 Å². The van der Waals surface area contributed by atoms with E-state index in [9.17, 15) is 0 Å². The van der Waals surface area contributed by atoms with Crippen molar-refractivity contribution in [2.24, 2.45) is 5.41 Å². The number of ether oxygens (including phenoxy) is 1. The maximum absolute atomic E-state index is 6.28. The second-order valence-electron chi connectivity index (χ2n) is 12.7. The van der Waals surface area contributed by atoms with E-state index in [1.54, 1.807) is 11.8 Å². The minimum atomic E-state index is 0.507. The molecule has 2 aliphatic heterocycles. The summed E-state index contributed by atoms with van der Waals surface area (Å²) in [6.07, 6.45) is 13.5. The Labute approximate surface area is 237 Å². The van der Waals surface area contributed by atoms with Gasteiger partial charge in [-0.2, -0.15) is 0 Å². The van der Waals surface area contributed by atoms with Crippen LogP contribution in [0.3, 0.4) is 0 Å². The minimum Gasteiger partial charge on any atom is -0.455 e. The molecule has 208 valence electrons. The number of fused-ring (bicyclic) bond motifs is 1. The van der Waals surface area contributed by atoms with Gasteiger partial charge in [0, 0.05) is 54.6 Å². The van der Waals surface area contributed by atoms with Crippen LogP contribution >= 0.6 is 0 Å². The summed E-state index contributed by atoms with van der Waals surface area (Å²) in [6, 6.07) is 16.7. The molecule has 7 rings (SSSR count). The van der Waals surface area contributed by atoms with Crippen molar-refractivity contribution in [3.8, 4) is 11.5 Å². The number of nitrogens with zero attached hydrogens (tertiary/aromatic N) is 4. The lowest BCUT2D eigenvalue weighted by molar-refractivity contribution is -0.0228. The van der Waals surface area contributed by atoms with E-state index in [1.165, 1.54) is 50.6 Å². The Morgan fingerprint density at radius 1 is 1.00 bits per heavy atom. The van der Waals surface area contributed by atoms with Gasteiger partial charge in [0.05, 0.1) is 6.20 Å². The summed E-state index contributed by atoms with van der Waals surface area (Å²) in [7, 11) is 0. The Morgan fingerprint density at radius 3 is 2.65 bits per heavy atom. The molecule has 1 N–H and O–H groups in total. The smallest absolute Gasteiger partial charge is 0.146 e. The van der Waals surface area contributed by atoms with Crippen LogP contribution in [0.25, 0.3) is 11.0 Å². The molecule has 0 bridgehead atoms. The van der Waals surface area contributed by atoms with Gasteiger partial charge in [0.1, 0.15) is 23.0 Å². The highest BCUT2D eigenvalue weighted by atomic mass is 16.5. The number of hydrogen-bond donors (Lipinski definition) is 1. The van der Waals surface area contributed by atoms with Crippen molar-refractivity contribution in [1.29, 1.82) is 0 Å². The van der Waals surface area contributed by atoms with Gasteiger partial charge in [0.25, 0.3) is 0 Å². The van der Waals surface area contributed by atoms with E-state index in [1.807, 2.05) is 24.5 Å². The molecule has 1 spiro atoms. The molecule has 40 heavy (non-hydrogen) atoms. The first-order valence-corrected chi connectivity index (χ1v) is 15.2. The third kappa shape index (κ3) is 4.66. The number of aromatic nitrogens is 3. The number of pyridine rings is 2. The van der Waals surface area contributed by atoms with Gasteiger partial charge in [0.15, 0.2) is 0 Å². The topological polar surface area (TPSA) is 57.3 Å². The lowest BCUT2D eigenvalue weighted by Crippen LogP contribution is -2.55. The molecule has 4 aromatic rings. The van der Waals surface area contributed by atoms with Crippen LogP contribution in [-0.4, -0.2) is 45.5 Å². The van der Waals surface area contributed by atoms with Gasteiger partial charge < -0.3 is 14.6 Å². The summed E-state index contributed by atoms with van der Waals surface area (Å²) in [5.74, 6) is 3.21. The first-order valence-electron chi connectivity index (χ1n) is 15.2. The van der Waals surface area contributed by atoms with Crippen LogP contribution < -0.4 is 9.64 Å². The van der Waals surface area contributed by atoms with E-state index in [0.29, 0.717) is 17.4 Å². The van der Waals surface area contributed by atoms with Crippen molar-refractivity contribution >= 4 is 16.9 Å². The predicted octanol–water partition coefficient (Wildman–Crippen LogP) is 7.77. The van der Waals surface area contributed by atoms with E-state index >= 15 is 0 Å². The molecule has 3 aromatic heterocycles. The molecule has 0 radical (unpaired) electrons. The van der Waals surface area contributed by atoms with Crippen LogP contribution in [0.5, 0.6) is 11.5 Å². The highest BCUT2D eigenvalue weighted by molar-refractivity contribution is 5.76. The summed E-state index contributed by atoms with van der Waals surface area (Å²) in [5, 5.41) is 1.05. The molecule has 6 nitrogen and oxygen atoms in total. The summed E-state index contributed by atoms with van der Waals surface area (Å²) < 4.78 is 6.28. The van der Waals surface area contributed by atoms with Gasteiger partial charge >= 0.3 is 0 Å². The van der Waals surface area contributed by atoms with Gasteiger partial charge in [0.2, 0.25) is 0 Å². The molecule has 1 saturated carbocycles. The minimum absolute atomic E-state index is 0.507. The predicted molar refractivity (Wildman–Crippen MR) is 161 cm³/mol. The third-order valence-corrected chi connectivity index (χ3v) is 9.87. The number of H-pyrrole nitrogens is 1. The second kappa shape index (κ2) is 10.2. The van der Waals surface area contributed by atoms with E-state index in [-0.39, 0.29) is 0 Å². The van der Waals surface area contributed by atoms with Gasteiger partial charge in [-0.15, -0.1) is 0 Å². The fourth-order valence-electron chi connectivity index (χ4n) is 7.57. The van der Waals surface area contributed by atoms with Gasteiger partial charge in [-0.1, -0.05) is 38.1 Å². The molecule has 3 fully saturated rings. The Bertz CT molecular complexity index is 1490. The molecule has 6 heteroatoms. The lowest BCUT2D eigenvalue weighted by Gasteiger charge is -2.56. The molecule has 2 saturated heterocycles. The number of nitrogens with one attached hydrogen (secondary N) is 1. The van der Waals surface area contributed by atoms with Crippen molar-refractivity contribution in [3.63, 3.8) is 0 Å². The monoisotopic (exact) mass is 535 g/mol. The van der Waals surface area contributed by atoms with Crippen LogP contribution in [0.4, 0.5) is 5.82 Å². The zero-order chi connectivity index (χ0) is 27.3. The summed E-state index contributed by atoms with van der Waals surface area (Å²) in [6.45, 7) is 10.1. The number of anilines is 1. The van der Waals surface area contributed by atoms with Crippen molar-refractivity contribution in [3.05, 3.63) is 77.7 Å². The maximum Gasteiger partial charge on any atom is 0.146 e. The Morgan fingerprint density at radius 2 is 1.82 bits per heavy atom. The van der Waals surface area contributed by atoms with Crippen LogP contribution in [-0.2, 0) is 0 Å². The largest absolute Gasteiger partial charge is 0.455 e. The zero-order valence-electron chi connectivity index (χ0n) is 24.1. The Balaban J connectivity index is 0.991. The Kier molecular flexibility index (Phi) is 6.54. The second-order valence-corrected chi connectivity index (χ2v) is 12.7. The highest BCUT2D eigenvalue weighted by Crippen LogP contribution is 2.54. The van der Waals surface area contributed by atoms with E-state index in [0.717, 1.165) is 53.0 Å². The van der Waals surface area contributed by atoms with Crippen LogP contribution in [0.15, 0.2) is 61.1 Å². The summed E-state index contributed by atoms with van der Waals surface area (Å²) >= 11 is 0. The Hall–Kier alpha value is -3.38. The van der Waals surface area contributed by atoms with Crippen molar-refractivity contribution < 1.29 is 4.74 Å². The molecule has 1 atom stereocenters. The number of likely N-dealkylation sites (tertiary alicyclic amines) is 1. The number of benzene rings is 1. The SMILES string of the molecule is Cc1cnc(N2CCC3(CC2)CC(N2CCC[C@H]2c2ccccc2C(C)C)C3)cc1Oc1cnc2[nH]ccc2c1. The quantitative estimate of drug-likeness (QED) is 0.273. The summed E-state index contributed by atoms with van der Waals surface area (Å²) in [5.41, 5.74) is 5.54. The fourth-order valence-corrected chi connectivity index (χ4v) is 7.57. The maximum atomic E-state index is 6.28. The fraction of sp³-hybridized carbons (Fsp3) is 0.471. The standard InChI is InChI=1S/C34H41N5O/c1-23(2)28-7-4-5-8-29(28)30-9-6-14-39(30)26-19-34(20-26)11-15-38(16-12-34)32-18-31(24(3)21-36-32)40-27-17-25-10-13-35-33(25)37-22-27/h4-5,7-8,10,13,17-18,21-23,26,30H,6,9,11-12,14-16,19-20H2,1-3H3,(H,35,37)/t30-/m0/s1. The molecule has 1 aliphatic carbocycles. The highest BCUT2D eigenvalue weighted by Gasteiger charge is 2.50. The number of aryl methyl sites for hydroxylation is 1. The van der Waals surface area contributed by atoms with Crippen molar-refractivity contribution in [2.45, 2.75) is 77.3 Å². The molecular formula is C34H41N5O. The summed E-state index contributed by atoms with van der Waals surface area (Å²) in [4.78, 5) is 17.7. The first-order chi connectivity index (χ1) is 19.5. The van der Waals surface area contributed by atoms with Gasteiger partial charge in [-0.3, -0.25) is 4.90 Å². The molecule has 1 aromatic carbocycles. The average Bonchev–Trinajstić information content (AvgIpc) is 3.62. The third-order valence-electron chi connectivity index (χ3n) is 9.87. The van der Waals surface area contributed by atoms with Crippen molar-refractivity contribution in [1.82, 2.24) is 19.9 Å². The van der Waals surface area contributed by atoms with E-state index in [2.05, 4.69) is 70.9 Å². The van der Waals surface area contributed by atoms with E-state index in [4.69, 9.17) is 9.72 Å². The van der Waals surface area contributed by atoms with Crippen LogP contribution in [0, 0.1) is 12.3 Å². The van der Waals surface area contributed by atoms with Crippen LogP contribution in [0.2, 0.25) is 0 Å². The van der Waals surface area contributed by atoms with E-state index < -0.39 is 0 Å². The average molecular weight is 536 g/mol. The molecule has 5 heterocycles. The zero-order valence-corrected chi connectivity index (χ0v) is 24.1. The number of piperidine rings is 1. The normalized spacial score (nSPS) is 21.4.